The van der Waals surface area contributed by atoms with E-state index in [9.17, 15) is 5.26 Å². The van der Waals surface area contributed by atoms with Crippen molar-refractivity contribution in [1.29, 1.82) is 5.26 Å². The van der Waals surface area contributed by atoms with E-state index < -0.39 is 0 Å². The fraction of sp³-hybridized carbons (Fsp3) is 0.214. The van der Waals surface area contributed by atoms with Crippen LogP contribution >= 0.6 is 23.5 Å². The number of anilines is 2. The minimum Gasteiger partial charge on any atom is -0.339 e. The number of nitriles is 1. The molecule has 0 spiro atoms. The van der Waals surface area contributed by atoms with Crippen LogP contribution in [-0.4, -0.2) is 22.5 Å². The van der Waals surface area contributed by atoms with E-state index in [2.05, 4.69) is 39.7 Å². The molecule has 0 fully saturated rings. The van der Waals surface area contributed by atoms with Gasteiger partial charge in [-0.25, -0.2) is 9.97 Å². The second-order valence-electron chi connectivity index (χ2n) is 3.98. The SMILES string of the molecule is CSCc1cccc(Nc2ncnc(SC)c2C#N)c1. The van der Waals surface area contributed by atoms with Gasteiger partial charge in [0.25, 0.3) is 0 Å². The molecule has 4 nitrogen and oxygen atoms in total. The standard InChI is InChI=1S/C14H14N4S2/c1-19-8-10-4-3-5-11(6-10)18-13-12(7-15)14(20-2)17-9-16-13/h3-6,9H,8H2,1-2H3,(H,16,17,18). The van der Waals surface area contributed by atoms with Crippen LogP contribution in [0.3, 0.4) is 0 Å². The van der Waals surface area contributed by atoms with Crippen LogP contribution in [-0.2, 0) is 5.75 Å². The molecule has 0 aliphatic rings. The van der Waals surface area contributed by atoms with Crippen molar-refractivity contribution in [2.24, 2.45) is 0 Å². The third kappa shape index (κ3) is 3.44. The van der Waals surface area contributed by atoms with Gasteiger partial charge in [0.05, 0.1) is 0 Å². The molecule has 0 unspecified atom stereocenters. The van der Waals surface area contributed by atoms with Crippen LogP contribution < -0.4 is 5.32 Å². The Bertz CT molecular complexity index is 637. The topological polar surface area (TPSA) is 61.6 Å². The molecule has 1 aromatic carbocycles. The Hall–Kier alpha value is -1.71. The Morgan fingerprint density at radius 1 is 1.30 bits per heavy atom. The van der Waals surface area contributed by atoms with Crippen molar-refractivity contribution in [3.05, 3.63) is 41.7 Å². The van der Waals surface area contributed by atoms with Crippen molar-refractivity contribution in [2.75, 3.05) is 17.8 Å². The van der Waals surface area contributed by atoms with Gasteiger partial charge in [-0.1, -0.05) is 12.1 Å². The monoisotopic (exact) mass is 302 g/mol. The van der Waals surface area contributed by atoms with Gasteiger partial charge in [-0.15, -0.1) is 11.8 Å². The molecule has 2 rings (SSSR count). The third-order valence-electron chi connectivity index (χ3n) is 2.62. The first kappa shape index (κ1) is 14.7. The van der Waals surface area contributed by atoms with E-state index in [4.69, 9.17) is 0 Å². The number of hydrogen-bond donors (Lipinski definition) is 1. The minimum atomic E-state index is 0.482. The van der Waals surface area contributed by atoms with Crippen LogP contribution in [0.15, 0.2) is 35.6 Å². The molecule has 1 N–H and O–H groups in total. The Kier molecular flexibility index (Phi) is 5.27. The summed E-state index contributed by atoms with van der Waals surface area (Å²) in [5.74, 6) is 1.51. The van der Waals surface area contributed by atoms with Crippen molar-refractivity contribution >= 4 is 35.0 Å². The summed E-state index contributed by atoms with van der Waals surface area (Å²) in [5.41, 5.74) is 2.65. The van der Waals surface area contributed by atoms with E-state index >= 15 is 0 Å². The number of rotatable bonds is 5. The lowest BCUT2D eigenvalue weighted by atomic mass is 10.2. The summed E-state index contributed by atoms with van der Waals surface area (Å²) in [7, 11) is 0. The summed E-state index contributed by atoms with van der Waals surface area (Å²) >= 11 is 3.21. The molecule has 2 aromatic rings. The maximum atomic E-state index is 9.26. The van der Waals surface area contributed by atoms with Crippen molar-refractivity contribution < 1.29 is 0 Å². The van der Waals surface area contributed by atoms with Gasteiger partial charge in [0.15, 0.2) is 5.82 Å². The van der Waals surface area contributed by atoms with E-state index in [-0.39, 0.29) is 0 Å². The largest absolute Gasteiger partial charge is 0.339 e. The highest BCUT2D eigenvalue weighted by Gasteiger charge is 2.10. The quantitative estimate of drug-likeness (QED) is 0.671. The molecule has 0 atom stereocenters. The Labute approximate surface area is 127 Å². The fourth-order valence-electron chi connectivity index (χ4n) is 1.76. The summed E-state index contributed by atoms with van der Waals surface area (Å²) in [6, 6.07) is 10.3. The highest BCUT2D eigenvalue weighted by Crippen LogP contribution is 2.25. The van der Waals surface area contributed by atoms with Gasteiger partial charge in [-0.05, 0) is 30.2 Å². The Morgan fingerprint density at radius 2 is 2.15 bits per heavy atom. The fourth-order valence-corrected chi connectivity index (χ4v) is 2.77. The van der Waals surface area contributed by atoms with Gasteiger partial charge in [-0.3, -0.25) is 0 Å². The van der Waals surface area contributed by atoms with E-state index in [0.717, 1.165) is 11.4 Å². The van der Waals surface area contributed by atoms with Gasteiger partial charge in [-0.2, -0.15) is 17.0 Å². The number of nitrogens with one attached hydrogen (secondary N) is 1. The first-order valence-electron chi connectivity index (χ1n) is 5.92. The summed E-state index contributed by atoms with van der Waals surface area (Å²) < 4.78 is 0. The summed E-state index contributed by atoms with van der Waals surface area (Å²) in [6.45, 7) is 0. The predicted molar refractivity (Wildman–Crippen MR) is 85.5 cm³/mol. The van der Waals surface area contributed by atoms with Crippen LogP contribution in [0.2, 0.25) is 0 Å². The Balaban J connectivity index is 2.30. The van der Waals surface area contributed by atoms with Gasteiger partial charge < -0.3 is 5.32 Å². The number of benzene rings is 1. The molecule has 0 aliphatic carbocycles. The van der Waals surface area contributed by atoms with Crippen molar-refractivity contribution in [2.45, 2.75) is 10.8 Å². The first-order valence-corrected chi connectivity index (χ1v) is 8.54. The molecule has 102 valence electrons. The molecule has 0 amide bonds. The highest BCUT2D eigenvalue weighted by molar-refractivity contribution is 7.98. The van der Waals surface area contributed by atoms with Gasteiger partial charge in [0, 0.05) is 11.4 Å². The molecule has 0 saturated carbocycles. The van der Waals surface area contributed by atoms with E-state index in [0.29, 0.717) is 16.4 Å². The number of nitrogens with zero attached hydrogens (tertiary/aromatic N) is 3. The average Bonchev–Trinajstić information content (AvgIpc) is 2.47. The second kappa shape index (κ2) is 7.17. The van der Waals surface area contributed by atoms with Crippen LogP contribution in [0.1, 0.15) is 11.1 Å². The Morgan fingerprint density at radius 3 is 2.85 bits per heavy atom. The minimum absolute atomic E-state index is 0.482. The smallest absolute Gasteiger partial charge is 0.152 e. The number of thioether (sulfide) groups is 2. The molecule has 0 aliphatic heterocycles. The molecular formula is C14H14N4S2. The molecule has 0 bridgehead atoms. The molecule has 1 heterocycles. The molecule has 0 radical (unpaired) electrons. The lowest BCUT2D eigenvalue weighted by Gasteiger charge is -2.09. The number of aromatic nitrogens is 2. The van der Waals surface area contributed by atoms with Crippen LogP contribution in [0.5, 0.6) is 0 Å². The van der Waals surface area contributed by atoms with Gasteiger partial charge in [0.2, 0.25) is 0 Å². The van der Waals surface area contributed by atoms with Crippen LogP contribution in [0, 0.1) is 11.3 Å². The number of hydrogen-bond acceptors (Lipinski definition) is 6. The van der Waals surface area contributed by atoms with E-state index in [1.807, 2.05) is 18.4 Å². The first-order chi connectivity index (χ1) is 9.78. The molecule has 20 heavy (non-hydrogen) atoms. The summed E-state index contributed by atoms with van der Waals surface area (Å²) in [4.78, 5) is 8.27. The maximum absolute atomic E-state index is 9.26. The van der Waals surface area contributed by atoms with Crippen molar-refractivity contribution in [3.63, 3.8) is 0 Å². The lowest BCUT2D eigenvalue weighted by Crippen LogP contribution is -2.00. The molecule has 0 saturated heterocycles. The van der Waals surface area contributed by atoms with Gasteiger partial charge in [0.1, 0.15) is 23.0 Å². The van der Waals surface area contributed by atoms with Crippen LogP contribution in [0.25, 0.3) is 0 Å². The van der Waals surface area contributed by atoms with E-state index in [1.165, 1.54) is 23.7 Å². The second-order valence-corrected chi connectivity index (χ2v) is 5.64. The third-order valence-corrected chi connectivity index (χ3v) is 3.94. The molecular weight excluding hydrogens is 288 g/mol. The zero-order chi connectivity index (χ0) is 14.4. The predicted octanol–water partition coefficient (Wildman–Crippen LogP) is 3.68. The normalized spacial score (nSPS) is 10.1. The van der Waals surface area contributed by atoms with E-state index in [1.54, 1.807) is 11.8 Å². The van der Waals surface area contributed by atoms with Crippen LogP contribution in [0.4, 0.5) is 11.5 Å². The zero-order valence-corrected chi connectivity index (χ0v) is 12.9. The zero-order valence-electron chi connectivity index (χ0n) is 11.3. The highest BCUT2D eigenvalue weighted by atomic mass is 32.2. The molecule has 1 aromatic heterocycles. The van der Waals surface area contributed by atoms with Crippen molar-refractivity contribution in [1.82, 2.24) is 9.97 Å². The summed E-state index contributed by atoms with van der Waals surface area (Å²) in [6.07, 6.45) is 5.44. The lowest BCUT2D eigenvalue weighted by molar-refractivity contribution is 1.03. The molecule has 6 heteroatoms. The van der Waals surface area contributed by atoms with Crippen molar-refractivity contribution in [3.8, 4) is 6.07 Å². The van der Waals surface area contributed by atoms with Gasteiger partial charge >= 0.3 is 0 Å². The maximum Gasteiger partial charge on any atom is 0.152 e. The average molecular weight is 302 g/mol. The summed E-state index contributed by atoms with van der Waals surface area (Å²) in [5, 5.41) is 13.1.